The van der Waals surface area contributed by atoms with Crippen LogP contribution in [0.25, 0.3) is 0 Å². The van der Waals surface area contributed by atoms with E-state index in [9.17, 15) is 4.79 Å². The molecule has 0 bridgehead atoms. The third-order valence-electron chi connectivity index (χ3n) is 4.48. The fraction of sp³-hybridized carbons (Fsp3) is 0.533. The monoisotopic (exact) mass is 319 g/mol. The highest BCUT2D eigenvalue weighted by Crippen LogP contribution is 2.37. The molecule has 118 valence electrons. The van der Waals surface area contributed by atoms with Gasteiger partial charge in [0.25, 0.3) is 0 Å². The summed E-state index contributed by atoms with van der Waals surface area (Å²) in [7, 11) is 3.82. The van der Waals surface area contributed by atoms with Gasteiger partial charge in [0.15, 0.2) is 0 Å². The highest BCUT2D eigenvalue weighted by Gasteiger charge is 2.39. The first-order valence-corrected chi connectivity index (χ1v) is 8.34. The lowest BCUT2D eigenvalue weighted by Gasteiger charge is -2.25. The maximum Gasteiger partial charge on any atom is 0.223 e. The average Bonchev–Trinajstić information content (AvgIpc) is 3.17. The first kappa shape index (κ1) is 15.2. The van der Waals surface area contributed by atoms with Gasteiger partial charge in [-0.2, -0.15) is 5.10 Å². The van der Waals surface area contributed by atoms with Crippen LogP contribution in [-0.2, 0) is 18.4 Å². The maximum atomic E-state index is 12.1. The number of nitrogens with zero attached hydrogens (tertiary/aromatic N) is 4. The Bertz CT molecular complexity index is 651. The molecule has 0 aliphatic carbocycles. The second-order valence-electron chi connectivity index (χ2n) is 5.83. The van der Waals surface area contributed by atoms with Crippen LogP contribution in [0, 0.1) is 12.8 Å². The Kier molecular flexibility index (Phi) is 4.26. The Morgan fingerprint density at radius 3 is 2.91 bits per heavy atom. The van der Waals surface area contributed by atoms with Crippen molar-refractivity contribution in [3.8, 4) is 0 Å². The summed E-state index contributed by atoms with van der Waals surface area (Å²) in [4.78, 5) is 18.3. The van der Waals surface area contributed by atoms with E-state index in [4.69, 9.17) is 0 Å². The number of aryl methyl sites for hydroxylation is 1. The van der Waals surface area contributed by atoms with Crippen LogP contribution < -0.4 is 5.32 Å². The molecule has 0 spiro atoms. The predicted molar refractivity (Wildman–Crippen MR) is 85.4 cm³/mol. The molecular weight excluding hydrogens is 298 g/mol. The minimum atomic E-state index is 0.101. The van der Waals surface area contributed by atoms with Gasteiger partial charge in [-0.25, -0.2) is 4.98 Å². The van der Waals surface area contributed by atoms with Crippen molar-refractivity contribution in [1.29, 1.82) is 0 Å². The van der Waals surface area contributed by atoms with Crippen LogP contribution in [0.2, 0.25) is 0 Å². The van der Waals surface area contributed by atoms with Gasteiger partial charge in [-0.15, -0.1) is 11.3 Å². The number of hydrogen-bond donors (Lipinski definition) is 1. The molecule has 0 saturated carbocycles. The number of likely N-dealkylation sites (tertiary alicyclic amines) is 1. The van der Waals surface area contributed by atoms with Crippen molar-refractivity contribution < 1.29 is 4.79 Å². The summed E-state index contributed by atoms with van der Waals surface area (Å²) in [5.41, 5.74) is 5.16. The van der Waals surface area contributed by atoms with E-state index >= 15 is 0 Å². The van der Waals surface area contributed by atoms with Crippen molar-refractivity contribution in [2.24, 2.45) is 13.0 Å². The Hall–Kier alpha value is -1.73. The van der Waals surface area contributed by atoms with Crippen LogP contribution in [0.15, 0.2) is 17.1 Å². The van der Waals surface area contributed by atoms with Gasteiger partial charge in [-0.1, -0.05) is 0 Å². The van der Waals surface area contributed by atoms with Crippen molar-refractivity contribution in [3.63, 3.8) is 0 Å². The van der Waals surface area contributed by atoms with Gasteiger partial charge >= 0.3 is 0 Å². The molecule has 3 heterocycles. The highest BCUT2D eigenvalue weighted by molar-refractivity contribution is 7.07. The van der Waals surface area contributed by atoms with Crippen LogP contribution in [0.4, 0.5) is 0 Å². The number of carbonyl (C=O) groups is 1. The van der Waals surface area contributed by atoms with Crippen molar-refractivity contribution in [1.82, 2.24) is 25.0 Å². The summed E-state index contributed by atoms with van der Waals surface area (Å²) in [6.45, 7) is 3.60. The van der Waals surface area contributed by atoms with E-state index in [-0.39, 0.29) is 17.9 Å². The van der Waals surface area contributed by atoms with E-state index in [0.29, 0.717) is 6.42 Å². The van der Waals surface area contributed by atoms with Gasteiger partial charge in [-0.3, -0.25) is 9.48 Å². The Balaban J connectivity index is 1.71. The molecule has 1 N–H and O–H groups in total. The standard InChI is InChI=1S/C15H21N5OS/c1-10-13(7-18-20(10)3)15-11(4-14(21)19(15)2)5-16-6-12-8-22-9-17-12/h7-9,11,15-16H,4-6H2,1-3H3/t11-,15+/m0/s1. The number of thiazole rings is 1. The van der Waals surface area contributed by atoms with Crippen molar-refractivity contribution in [2.75, 3.05) is 13.6 Å². The predicted octanol–water partition coefficient (Wildman–Crippen LogP) is 1.49. The second kappa shape index (κ2) is 6.18. The number of hydrogen-bond acceptors (Lipinski definition) is 5. The van der Waals surface area contributed by atoms with Crippen molar-refractivity contribution in [2.45, 2.75) is 25.9 Å². The third-order valence-corrected chi connectivity index (χ3v) is 5.12. The van der Waals surface area contributed by atoms with Crippen LogP contribution in [-0.4, -0.2) is 39.2 Å². The third kappa shape index (κ3) is 2.78. The van der Waals surface area contributed by atoms with Gasteiger partial charge in [0.05, 0.1) is 23.4 Å². The molecule has 0 unspecified atom stereocenters. The van der Waals surface area contributed by atoms with Gasteiger partial charge in [0, 0.05) is 56.2 Å². The SMILES string of the molecule is Cc1c([C@H]2[C@H](CNCc3cscn3)CC(=O)N2C)cnn1C. The Labute approximate surface area is 134 Å². The number of rotatable bonds is 5. The Morgan fingerprint density at radius 1 is 1.45 bits per heavy atom. The molecule has 1 fully saturated rings. The summed E-state index contributed by atoms with van der Waals surface area (Å²) in [6.07, 6.45) is 2.47. The zero-order valence-corrected chi connectivity index (χ0v) is 13.9. The van der Waals surface area contributed by atoms with Gasteiger partial charge in [0.1, 0.15) is 0 Å². The van der Waals surface area contributed by atoms with Crippen LogP contribution in [0.3, 0.4) is 0 Å². The van der Waals surface area contributed by atoms with Gasteiger partial charge in [-0.05, 0) is 6.92 Å². The fourth-order valence-electron chi connectivity index (χ4n) is 3.11. The van der Waals surface area contributed by atoms with Crippen LogP contribution in [0.1, 0.15) is 29.4 Å². The zero-order chi connectivity index (χ0) is 15.7. The molecule has 1 saturated heterocycles. The van der Waals surface area contributed by atoms with E-state index in [1.54, 1.807) is 11.3 Å². The highest BCUT2D eigenvalue weighted by atomic mass is 32.1. The summed E-state index contributed by atoms with van der Waals surface area (Å²) in [6, 6.07) is 0.101. The molecule has 22 heavy (non-hydrogen) atoms. The molecule has 2 aromatic heterocycles. The molecule has 7 heteroatoms. The lowest BCUT2D eigenvalue weighted by Crippen LogP contribution is -2.29. The smallest absolute Gasteiger partial charge is 0.223 e. The fourth-order valence-corrected chi connectivity index (χ4v) is 3.67. The Morgan fingerprint density at radius 2 is 2.27 bits per heavy atom. The minimum absolute atomic E-state index is 0.101. The zero-order valence-electron chi connectivity index (χ0n) is 13.1. The quantitative estimate of drug-likeness (QED) is 0.907. The topological polar surface area (TPSA) is 63.1 Å². The van der Waals surface area contributed by atoms with Crippen molar-refractivity contribution >= 4 is 17.2 Å². The second-order valence-corrected chi connectivity index (χ2v) is 6.55. The largest absolute Gasteiger partial charge is 0.338 e. The number of nitrogens with one attached hydrogen (secondary N) is 1. The molecule has 2 aromatic rings. The van der Waals surface area contributed by atoms with Crippen LogP contribution >= 0.6 is 11.3 Å². The lowest BCUT2D eigenvalue weighted by molar-refractivity contribution is -0.127. The maximum absolute atomic E-state index is 12.1. The first-order valence-electron chi connectivity index (χ1n) is 7.40. The molecule has 0 radical (unpaired) electrons. The van der Waals surface area contributed by atoms with Crippen LogP contribution in [0.5, 0.6) is 0 Å². The molecule has 1 aliphatic heterocycles. The molecule has 3 rings (SSSR count). The summed E-state index contributed by atoms with van der Waals surface area (Å²) >= 11 is 1.60. The molecule has 1 aliphatic rings. The van der Waals surface area contributed by atoms with E-state index in [1.165, 1.54) is 0 Å². The summed E-state index contributed by atoms with van der Waals surface area (Å²) in [5.74, 6) is 0.466. The van der Waals surface area contributed by atoms with E-state index in [2.05, 4.69) is 22.3 Å². The summed E-state index contributed by atoms with van der Waals surface area (Å²) < 4.78 is 1.87. The van der Waals surface area contributed by atoms with Crippen molar-refractivity contribution in [3.05, 3.63) is 34.0 Å². The first-order chi connectivity index (χ1) is 10.6. The summed E-state index contributed by atoms with van der Waals surface area (Å²) in [5, 5.41) is 9.80. The molecular formula is C15H21N5OS. The van der Waals surface area contributed by atoms with E-state index in [0.717, 1.165) is 30.0 Å². The molecule has 1 amide bonds. The normalized spacial score (nSPS) is 21.8. The molecule has 0 aromatic carbocycles. The number of amides is 1. The number of carbonyl (C=O) groups excluding carboxylic acids is 1. The lowest BCUT2D eigenvalue weighted by atomic mass is 9.94. The van der Waals surface area contributed by atoms with E-state index < -0.39 is 0 Å². The molecule has 6 nitrogen and oxygen atoms in total. The molecule has 2 atom stereocenters. The average molecular weight is 319 g/mol. The number of aromatic nitrogens is 3. The van der Waals surface area contributed by atoms with Gasteiger partial charge in [0.2, 0.25) is 5.91 Å². The minimum Gasteiger partial charge on any atom is -0.338 e. The van der Waals surface area contributed by atoms with E-state index in [1.807, 2.05) is 40.8 Å². The van der Waals surface area contributed by atoms with Gasteiger partial charge < -0.3 is 10.2 Å².